The SMILES string of the molecule is CNc1cncc(NCC2CCC(O)CC2)c1. The first-order chi connectivity index (χ1) is 8.28. The molecule has 1 aliphatic rings. The highest BCUT2D eigenvalue weighted by atomic mass is 16.3. The highest BCUT2D eigenvalue weighted by molar-refractivity contribution is 5.53. The van der Waals surface area contributed by atoms with Crippen LogP contribution in [0.4, 0.5) is 11.4 Å². The maximum absolute atomic E-state index is 9.44. The summed E-state index contributed by atoms with van der Waals surface area (Å²) in [5.41, 5.74) is 2.08. The van der Waals surface area contributed by atoms with Crippen molar-refractivity contribution in [1.82, 2.24) is 4.98 Å². The van der Waals surface area contributed by atoms with Crippen molar-refractivity contribution in [2.45, 2.75) is 31.8 Å². The van der Waals surface area contributed by atoms with Gasteiger partial charge in [0, 0.05) is 13.6 Å². The minimum atomic E-state index is -0.0689. The highest BCUT2D eigenvalue weighted by Crippen LogP contribution is 2.24. The summed E-state index contributed by atoms with van der Waals surface area (Å²) in [7, 11) is 1.89. The number of nitrogens with zero attached hydrogens (tertiary/aromatic N) is 1. The van der Waals surface area contributed by atoms with Crippen LogP contribution in [0, 0.1) is 5.92 Å². The van der Waals surface area contributed by atoms with Crippen molar-refractivity contribution in [1.29, 1.82) is 0 Å². The van der Waals surface area contributed by atoms with Crippen molar-refractivity contribution < 1.29 is 5.11 Å². The Hall–Kier alpha value is -1.29. The molecule has 4 nitrogen and oxygen atoms in total. The van der Waals surface area contributed by atoms with Gasteiger partial charge in [-0.2, -0.15) is 0 Å². The van der Waals surface area contributed by atoms with Gasteiger partial charge >= 0.3 is 0 Å². The van der Waals surface area contributed by atoms with Gasteiger partial charge < -0.3 is 15.7 Å². The number of hydrogen-bond donors (Lipinski definition) is 3. The number of aromatic nitrogens is 1. The fourth-order valence-electron chi connectivity index (χ4n) is 2.28. The van der Waals surface area contributed by atoms with Crippen molar-refractivity contribution >= 4 is 11.4 Å². The topological polar surface area (TPSA) is 57.2 Å². The van der Waals surface area contributed by atoms with E-state index >= 15 is 0 Å². The first-order valence-electron chi connectivity index (χ1n) is 6.32. The second-order valence-electron chi connectivity index (χ2n) is 4.77. The van der Waals surface area contributed by atoms with Gasteiger partial charge in [-0.1, -0.05) is 0 Å². The van der Waals surface area contributed by atoms with Gasteiger partial charge in [0.15, 0.2) is 0 Å². The molecule has 2 rings (SSSR count). The summed E-state index contributed by atoms with van der Waals surface area (Å²) < 4.78 is 0. The van der Waals surface area contributed by atoms with E-state index in [0.717, 1.165) is 43.6 Å². The Balaban J connectivity index is 1.81. The third kappa shape index (κ3) is 3.60. The van der Waals surface area contributed by atoms with Crippen LogP contribution in [0.3, 0.4) is 0 Å². The lowest BCUT2D eigenvalue weighted by molar-refractivity contribution is 0.111. The molecule has 4 heteroatoms. The molecule has 0 radical (unpaired) electrons. The molecule has 0 unspecified atom stereocenters. The average molecular weight is 235 g/mol. The highest BCUT2D eigenvalue weighted by Gasteiger charge is 2.18. The molecule has 0 aromatic carbocycles. The molecule has 1 aromatic heterocycles. The van der Waals surface area contributed by atoms with Crippen molar-refractivity contribution in [3.8, 4) is 0 Å². The van der Waals surface area contributed by atoms with Crippen molar-refractivity contribution in [3.63, 3.8) is 0 Å². The summed E-state index contributed by atoms with van der Waals surface area (Å²) in [6.07, 6.45) is 7.71. The van der Waals surface area contributed by atoms with Gasteiger partial charge in [0.2, 0.25) is 0 Å². The fraction of sp³-hybridized carbons (Fsp3) is 0.615. The minimum Gasteiger partial charge on any atom is -0.393 e. The van der Waals surface area contributed by atoms with Crippen LogP contribution < -0.4 is 10.6 Å². The van der Waals surface area contributed by atoms with Crippen LogP contribution in [0.5, 0.6) is 0 Å². The monoisotopic (exact) mass is 235 g/mol. The maximum atomic E-state index is 9.44. The molecule has 1 saturated carbocycles. The zero-order valence-corrected chi connectivity index (χ0v) is 10.3. The van der Waals surface area contributed by atoms with Gasteiger partial charge in [0.1, 0.15) is 0 Å². The molecule has 1 aromatic rings. The number of hydrogen-bond acceptors (Lipinski definition) is 4. The predicted octanol–water partition coefficient (Wildman–Crippen LogP) is 2.09. The van der Waals surface area contributed by atoms with E-state index in [1.165, 1.54) is 0 Å². The van der Waals surface area contributed by atoms with Gasteiger partial charge in [0.25, 0.3) is 0 Å². The smallest absolute Gasteiger partial charge is 0.0547 e. The van der Waals surface area contributed by atoms with Crippen LogP contribution >= 0.6 is 0 Å². The lowest BCUT2D eigenvalue weighted by atomic mass is 9.87. The van der Waals surface area contributed by atoms with E-state index in [2.05, 4.69) is 21.7 Å². The summed E-state index contributed by atoms with van der Waals surface area (Å²) in [5, 5.41) is 15.9. The van der Waals surface area contributed by atoms with E-state index in [4.69, 9.17) is 0 Å². The molecule has 17 heavy (non-hydrogen) atoms. The van der Waals surface area contributed by atoms with Gasteiger partial charge in [-0.15, -0.1) is 0 Å². The fourth-order valence-corrected chi connectivity index (χ4v) is 2.28. The summed E-state index contributed by atoms with van der Waals surface area (Å²) >= 11 is 0. The van der Waals surface area contributed by atoms with Crippen LogP contribution in [0.25, 0.3) is 0 Å². The van der Waals surface area contributed by atoms with Crippen LogP contribution in [0.2, 0.25) is 0 Å². The number of aliphatic hydroxyl groups excluding tert-OH is 1. The van der Waals surface area contributed by atoms with Gasteiger partial charge in [-0.25, -0.2) is 0 Å². The summed E-state index contributed by atoms with van der Waals surface area (Å²) in [6, 6.07) is 2.06. The summed E-state index contributed by atoms with van der Waals surface area (Å²) in [4.78, 5) is 4.17. The van der Waals surface area contributed by atoms with Crippen molar-refractivity contribution in [2.75, 3.05) is 24.2 Å². The van der Waals surface area contributed by atoms with E-state index < -0.39 is 0 Å². The molecule has 0 amide bonds. The number of rotatable bonds is 4. The van der Waals surface area contributed by atoms with Gasteiger partial charge in [0.05, 0.1) is 29.9 Å². The Morgan fingerprint density at radius 3 is 2.65 bits per heavy atom. The molecule has 94 valence electrons. The molecular formula is C13H21N3O. The molecule has 0 atom stereocenters. The van der Waals surface area contributed by atoms with E-state index in [1.54, 1.807) is 0 Å². The number of anilines is 2. The third-order valence-corrected chi connectivity index (χ3v) is 3.44. The van der Waals surface area contributed by atoms with Crippen LogP contribution in [0.15, 0.2) is 18.5 Å². The molecule has 0 bridgehead atoms. The lowest BCUT2D eigenvalue weighted by Crippen LogP contribution is -2.23. The first-order valence-corrected chi connectivity index (χ1v) is 6.32. The zero-order chi connectivity index (χ0) is 12.1. The van der Waals surface area contributed by atoms with E-state index in [0.29, 0.717) is 5.92 Å². The molecule has 0 aliphatic heterocycles. The average Bonchev–Trinajstić information content (AvgIpc) is 2.38. The van der Waals surface area contributed by atoms with E-state index in [-0.39, 0.29) is 6.10 Å². The number of pyridine rings is 1. The van der Waals surface area contributed by atoms with Crippen LogP contribution in [-0.4, -0.2) is 29.8 Å². The zero-order valence-electron chi connectivity index (χ0n) is 10.3. The maximum Gasteiger partial charge on any atom is 0.0547 e. The molecule has 3 N–H and O–H groups in total. The Morgan fingerprint density at radius 2 is 1.94 bits per heavy atom. The Morgan fingerprint density at radius 1 is 1.24 bits per heavy atom. The van der Waals surface area contributed by atoms with E-state index in [9.17, 15) is 5.11 Å². The summed E-state index contributed by atoms with van der Waals surface area (Å²) in [6.45, 7) is 0.974. The standard InChI is InChI=1S/C13H21N3O/c1-14-11-6-12(9-15-8-11)16-7-10-2-4-13(17)5-3-10/h6,8-10,13-14,16-17H,2-5,7H2,1H3. The molecular weight excluding hydrogens is 214 g/mol. The largest absolute Gasteiger partial charge is 0.393 e. The Labute approximate surface area is 102 Å². The summed E-state index contributed by atoms with van der Waals surface area (Å²) in [5.74, 6) is 0.677. The quantitative estimate of drug-likeness (QED) is 0.748. The molecule has 1 heterocycles. The molecule has 1 aliphatic carbocycles. The first kappa shape index (κ1) is 12.2. The van der Waals surface area contributed by atoms with Crippen molar-refractivity contribution in [3.05, 3.63) is 18.5 Å². The van der Waals surface area contributed by atoms with Crippen LogP contribution in [0.1, 0.15) is 25.7 Å². The number of aliphatic hydroxyl groups is 1. The lowest BCUT2D eigenvalue weighted by Gasteiger charge is -2.25. The van der Waals surface area contributed by atoms with Gasteiger partial charge in [-0.3, -0.25) is 4.98 Å². The predicted molar refractivity (Wildman–Crippen MR) is 70.2 cm³/mol. The Bertz CT molecular complexity index is 348. The molecule has 0 spiro atoms. The third-order valence-electron chi connectivity index (χ3n) is 3.44. The number of nitrogens with one attached hydrogen (secondary N) is 2. The Kier molecular flexibility index (Phi) is 4.20. The van der Waals surface area contributed by atoms with Crippen molar-refractivity contribution in [2.24, 2.45) is 5.92 Å². The normalized spacial score (nSPS) is 24.4. The minimum absolute atomic E-state index is 0.0689. The van der Waals surface area contributed by atoms with E-state index in [1.807, 2.05) is 19.4 Å². The molecule has 0 saturated heterocycles. The van der Waals surface area contributed by atoms with Gasteiger partial charge in [-0.05, 0) is 37.7 Å². The second-order valence-corrected chi connectivity index (χ2v) is 4.77. The van der Waals surface area contributed by atoms with Crippen LogP contribution in [-0.2, 0) is 0 Å². The second kappa shape index (κ2) is 5.87. The molecule has 1 fully saturated rings.